The molecule has 0 fully saturated rings. The van der Waals surface area contributed by atoms with E-state index < -0.39 is 5.54 Å². The molecule has 3 aromatic rings. The second-order valence-electron chi connectivity index (χ2n) is 8.81. The van der Waals surface area contributed by atoms with Crippen LogP contribution in [0.4, 0.5) is 0 Å². The van der Waals surface area contributed by atoms with Gasteiger partial charge in [-0.15, -0.1) is 12.4 Å². The number of amides is 1. The molecule has 0 bridgehead atoms. The molecule has 5 nitrogen and oxygen atoms in total. The third-order valence-corrected chi connectivity index (χ3v) is 5.41. The quantitative estimate of drug-likeness (QED) is 0.311. The number of nitrogens with zero attached hydrogens (tertiary/aromatic N) is 2. The highest BCUT2D eigenvalue weighted by Gasteiger charge is 2.25. The van der Waals surface area contributed by atoms with Crippen molar-refractivity contribution in [2.45, 2.75) is 46.1 Å². The lowest BCUT2D eigenvalue weighted by Gasteiger charge is -2.19. The lowest BCUT2D eigenvalue weighted by atomic mass is 10.0. The molecule has 180 valence electrons. The van der Waals surface area contributed by atoms with Gasteiger partial charge in [0, 0.05) is 33.7 Å². The summed E-state index contributed by atoms with van der Waals surface area (Å²) in [6.07, 6.45) is 1.59. The number of carbonyl (C=O) groups is 1. The van der Waals surface area contributed by atoms with E-state index in [9.17, 15) is 4.79 Å². The number of nitrogens with one attached hydrogen (secondary N) is 1. The van der Waals surface area contributed by atoms with Crippen molar-refractivity contribution in [1.82, 2.24) is 15.1 Å². The molecule has 8 heteroatoms. The van der Waals surface area contributed by atoms with E-state index in [-0.39, 0.29) is 18.3 Å². The molecule has 0 saturated carbocycles. The highest BCUT2D eigenvalue weighted by atomic mass is 35.5. The van der Waals surface area contributed by atoms with Crippen LogP contribution in [0.1, 0.15) is 55.2 Å². The molecule has 34 heavy (non-hydrogen) atoms. The average molecular weight is 520 g/mol. The summed E-state index contributed by atoms with van der Waals surface area (Å²) >= 11 is 12.8. The number of hydrogen-bond donors (Lipinski definition) is 2. The number of unbranched alkanes of at least 4 members (excludes halogenated alkanes) is 1. The third-order valence-electron chi connectivity index (χ3n) is 4.86. The predicted molar refractivity (Wildman–Crippen MR) is 143 cm³/mol. The maximum Gasteiger partial charge on any atom is 0.272 e. The summed E-state index contributed by atoms with van der Waals surface area (Å²) in [5.41, 5.74) is 9.34. The number of aromatic nitrogens is 2. The van der Waals surface area contributed by atoms with Crippen molar-refractivity contribution >= 4 is 41.5 Å². The number of hydrogen-bond acceptors (Lipinski definition) is 3. The Morgan fingerprint density at radius 1 is 1.15 bits per heavy atom. The van der Waals surface area contributed by atoms with E-state index in [4.69, 9.17) is 28.9 Å². The zero-order chi connectivity index (χ0) is 24.2. The van der Waals surface area contributed by atoms with Crippen LogP contribution >= 0.6 is 35.6 Å². The second kappa shape index (κ2) is 11.8. The summed E-state index contributed by atoms with van der Waals surface area (Å²) in [4.78, 5) is 13.0. The summed E-state index contributed by atoms with van der Waals surface area (Å²) in [7, 11) is 0. The number of rotatable bonds is 5. The Balaban J connectivity index is 0.00000408. The largest absolute Gasteiger partial charge is 0.346 e. The molecule has 0 aliphatic heterocycles. The molecule has 1 amide bonds. The lowest BCUT2D eigenvalue weighted by Crippen LogP contribution is -2.41. The van der Waals surface area contributed by atoms with Gasteiger partial charge in [-0.1, -0.05) is 47.2 Å². The molecule has 1 heterocycles. The zero-order valence-electron chi connectivity index (χ0n) is 19.7. The monoisotopic (exact) mass is 518 g/mol. The van der Waals surface area contributed by atoms with Gasteiger partial charge < -0.3 is 11.1 Å². The first-order valence-corrected chi connectivity index (χ1v) is 11.5. The average Bonchev–Trinajstić information content (AvgIpc) is 3.08. The fraction of sp³-hybridized carbons (Fsp3) is 0.308. The first kappa shape index (κ1) is 27.8. The van der Waals surface area contributed by atoms with E-state index in [1.165, 1.54) is 0 Å². The van der Waals surface area contributed by atoms with Gasteiger partial charge in [-0.05, 0) is 71.0 Å². The summed E-state index contributed by atoms with van der Waals surface area (Å²) < 4.78 is 1.71. The fourth-order valence-corrected chi connectivity index (χ4v) is 3.73. The first-order chi connectivity index (χ1) is 15.6. The fourth-order valence-electron chi connectivity index (χ4n) is 3.34. The van der Waals surface area contributed by atoms with E-state index in [1.54, 1.807) is 4.68 Å². The minimum absolute atomic E-state index is 0. The Hall–Kier alpha value is -2.49. The van der Waals surface area contributed by atoms with Crippen LogP contribution in [-0.4, -0.2) is 27.8 Å². The molecular formula is C26H29Cl3N4O. The first-order valence-electron chi connectivity index (χ1n) is 10.8. The molecule has 0 atom stereocenters. The number of halogens is 3. The highest BCUT2D eigenvalue weighted by Crippen LogP contribution is 2.32. The van der Waals surface area contributed by atoms with Gasteiger partial charge >= 0.3 is 0 Å². The molecule has 3 N–H and O–H groups in total. The maximum atomic E-state index is 13.0. The molecular weight excluding hydrogens is 491 g/mol. The van der Waals surface area contributed by atoms with E-state index in [1.807, 2.05) is 70.2 Å². The van der Waals surface area contributed by atoms with Crippen molar-refractivity contribution < 1.29 is 4.79 Å². The molecule has 1 aromatic heterocycles. The molecule has 3 rings (SSSR count). The van der Waals surface area contributed by atoms with Crippen LogP contribution in [0.25, 0.3) is 16.9 Å². The summed E-state index contributed by atoms with van der Waals surface area (Å²) in [5, 5.41) is 8.78. The second-order valence-corrected chi connectivity index (χ2v) is 9.65. The van der Waals surface area contributed by atoms with Gasteiger partial charge in [0.1, 0.15) is 0 Å². The number of carbonyl (C=O) groups excluding carboxylic acids is 1. The topological polar surface area (TPSA) is 72.9 Å². The van der Waals surface area contributed by atoms with E-state index in [0.29, 0.717) is 28.0 Å². The normalized spacial score (nSPS) is 10.8. The van der Waals surface area contributed by atoms with E-state index in [0.717, 1.165) is 35.2 Å². The maximum absolute atomic E-state index is 13.0. The molecule has 0 saturated heterocycles. The van der Waals surface area contributed by atoms with Gasteiger partial charge in [-0.25, -0.2) is 4.68 Å². The predicted octanol–water partition coefficient (Wildman–Crippen LogP) is 6.20. The van der Waals surface area contributed by atoms with E-state index >= 15 is 0 Å². The van der Waals surface area contributed by atoms with Crippen LogP contribution in [0.2, 0.25) is 10.0 Å². The smallest absolute Gasteiger partial charge is 0.272 e. The van der Waals surface area contributed by atoms with Crippen LogP contribution in [0.3, 0.4) is 0 Å². The van der Waals surface area contributed by atoms with Crippen molar-refractivity contribution in [2.24, 2.45) is 5.73 Å². The van der Waals surface area contributed by atoms with Crippen LogP contribution < -0.4 is 11.1 Å². The highest BCUT2D eigenvalue weighted by molar-refractivity contribution is 6.32. The molecule has 0 spiro atoms. The molecule has 0 aliphatic rings. The summed E-state index contributed by atoms with van der Waals surface area (Å²) in [6.45, 7) is 8.30. The Kier molecular flexibility index (Phi) is 9.61. The van der Waals surface area contributed by atoms with Gasteiger partial charge in [0.05, 0.1) is 16.4 Å². The Morgan fingerprint density at radius 2 is 1.82 bits per heavy atom. The minimum atomic E-state index is -0.393. The van der Waals surface area contributed by atoms with Crippen LogP contribution in [0, 0.1) is 18.8 Å². The third kappa shape index (κ3) is 6.77. The van der Waals surface area contributed by atoms with Crippen LogP contribution in [0.5, 0.6) is 0 Å². The van der Waals surface area contributed by atoms with Crippen LogP contribution in [-0.2, 0) is 0 Å². The summed E-state index contributed by atoms with van der Waals surface area (Å²) in [6, 6.07) is 13.0. The molecule has 0 aliphatic carbocycles. The van der Waals surface area contributed by atoms with Gasteiger partial charge in [-0.3, -0.25) is 4.79 Å². The minimum Gasteiger partial charge on any atom is -0.346 e. The Labute approximate surface area is 217 Å². The van der Waals surface area contributed by atoms with Crippen molar-refractivity contribution in [2.75, 3.05) is 6.54 Å². The summed E-state index contributed by atoms with van der Waals surface area (Å²) in [5.74, 6) is 5.98. The van der Waals surface area contributed by atoms with Gasteiger partial charge in [0.25, 0.3) is 5.91 Å². The lowest BCUT2D eigenvalue weighted by molar-refractivity contribution is 0.0913. The Morgan fingerprint density at radius 3 is 2.41 bits per heavy atom. The zero-order valence-corrected chi connectivity index (χ0v) is 22.0. The molecule has 2 aromatic carbocycles. The standard InChI is InChI=1S/C26H28Cl2N4O.ClH/c1-17-23(25(33)30-26(2,3)4)31-32(24(17)19-10-12-20(27)13-11-19)22-14-9-18(16-21(22)28)8-6-5-7-15-29;/h9-14,16H,5,7,15,29H2,1-4H3,(H,30,33);1H. The van der Waals surface area contributed by atoms with E-state index in [2.05, 4.69) is 22.3 Å². The van der Waals surface area contributed by atoms with Crippen LogP contribution in [0.15, 0.2) is 42.5 Å². The van der Waals surface area contributed by atoms with Gasteiger partial charge in [-0.2, -0.15) is 5.10 Å². The number of benzene rings is 2. The molecule has 0 radical (unpaired) electrons. The Bertz CT molecular complexity index is 1220. The SMILES string of the molecule is Cc1c(C(=O)NC(C)(C)C)nn(-c2ccc(C#CCCCN)cc2Cl)c1-c1ccc(Cl)cc1.Cl. The van der Waals surface area contributed by atoms with Gasteiger partial charge in [0.15, 0.2) is 5.69 Å². The number of nitrogens with two attached hydrogens (primary N) is 1. The van der Waals surface area contributed by atoms with Crippen molar-refractivity contribution in [3.63, 3.8) is 0 Å². The van der Waals surface area contributed by atoms with Crippen molar-refractivity contribution in [3.8, 4) is 28.8 Å². The van der Waals surface area contributed by atoms with Crippen molar-refractivity contribution in [3.05, 3.63) is 69.3 Å². The van der Waals surface area contributed by atoms with Crippen molar-refractivity contribution in [1.29, 1.82) is 0 Å². The van der Waals surface area contributed by atoms with Gasteiger partial charge in [0.2, 0.25) is 0 Å². The molecule has 0 unspecified atom stereocenters.